The zero-order valence-electron chi connectivity index (χ0n) is 21.1. The number of nitrogens with zero attached hydrogens (tertiary/aromatic N) is 2. The summed E-state index contributed by atoms with van der Waals surface area (Å²) in [6, 6.07) is 20.3. The Morgan fingerprint density at radius 1 is 1.06 bits per heavy atom. The number of nitrogens with one attached hydrogen (secondary N) is 1. The van der Waals surface area contributed by atoms with E-state index >= 15 is 0 Å². The van der Waals surface area contributed by atoms with Crippen LogP contribution in [-0.4, -0.2) is 38.8 Å². The van der Waals surface area contributed by atoms with Crippen molar-refractivity contribution >= 4 is 28.2 Å². The summed E-state index contributed by atoms with van der Waals surface area (Å²) >= 11 is 0. The Morgan fingerprint density at radius 3 is 2.43 bits per heavy atom. The highest BCUT2D eigenvalue weighted by atomic mass is 16.6. The van der Waals surface area contributed by atoms with Crippen molar-refractivity contribution in [1.82, 2.24) is 4.57 Å². The molecule has 1 aliphatic rings. The van der Waals surface area contributed by atoms with Gasteiger partial charge in [-0.2, -0.15) is 0 Å². The topological polar surface area (TPSA) is 55.7 Å². The number of carbonyl (C=O) groups excluding carboxylic acids is 1. The van der Waals surface area contributed by atoms with Gasteiger partial charge in [-0.1, -0.05) is 18.2 Å². The van der Waals surface area contributed by atoms with E-state index in [0.29, 0.717) is 12.1 Å². The van der Waals surface area contributed by atoms with Crippen molar-refractivity contribution in [1.29, 1.82) is 0 Å². The number of rotatable bonds is 6. The Kier molecular flexibility index (Phi) is 5.47. The minimum absolute atomic E-state index is 0.321. The number of carbonyl (C=O) groups is 1. The molecule has 1 unspecified atom stereocenters. The van der Waals surface area contributed by atoms with Gasteiger partial charge in [0.1, 0.15) is 5.75 Å². The summed E-state index contributed by atoms with van der Waals surface area (Å²) in [5, 5.41) is 4.25. The average molecular weight is 470 g/mol. The van der Waals surface area contributed by atoms with Gasteiger partial charge in [0.25, 0.3) is 0 Å². The maximum absolute atomic E-state index is 13.4. The zero-order valence-corrected chi connectivity index (χ0v) is 21.1. The lowest BCUT2D eigenvalue weighted by Crippen LogP contribution is -2.33. The Morgan fingerprint density at radius 2 is 1.80 bits per heavy atom. The predicted molar refractivity (Wildman–Crippen MR) is 141 cm³/mol. The third-order valence-corrected chi connectivity index (χ3v) is 7.12. The molecule has 0 saturated heterocycles. The molecule has 3 aromatic carbocycles. The molecule has 1 N–H and O–H groups in total. The molecule has 1 aliphatic heterocycles. The second-order valence-corrected chi connectivity index (χ2v) is 9.12. The quantitative estimate of drug-likeness (QED) is 0.375. The maximum atomic E-state index is 13.4. The fourth-order valence-corrected chi connectivity index (χ4v) is 5.36. The van der Waals surface area contributed by atoms with Crippen LogP contribution in [0.25, 0.3) is 10.9 Å². The van der Waals surface area contributed by atoms with Gasteiger partial charge in [-0.15, -0.1) is 0 Å². The molecule has 2 heterocycles. The second-order valence-electron chi connectivity index (χ2n) is 9.12. The average Bonchev–Trinajstić information content (AvgIpc) is 3.34. The van der Waals surface area contributed by atoms with Crippen molar-refractivity contribution in [2.75, 3.05) is 38.5 Å². The van der Waals surface area contributed by atoms with Crippen LogP contribution in [0.15, 0.2) is 60.7 Å². The van der Waals surface area contributed by atoms with Crippen LogP contribution in [-0.2, 0) is 16.9 Å². The van der Waals surface area contributed by atoms with E-state index in [1.165, 1.54) is 0 Å². The van der Waals surface area contributed by atoms with Gasteiger partial charge in [-0.3, -0.25) is 0 Å². The van der Waals surface area contributed by atoms with E-state index < -0.39 is 5.60 Å². The first-order chi connectivity index (χ1) is 16.8. The first-order valence-corrected chi connectivity index (χ1v) is 11.9. The van der Waals surface area contributed by atoms with Crippen LogP contribution in [0.1, 0.15) is 39.7 Å². The van der Waals surface area contributed by atoms with Gasteiger partial charge in [-0.25, -0.2) is 4.79 Å². The summed E-state index contributed by atoms with van der Waals surface area (Å²) < 4.78 is 14.3. The summed E-state index contributed by atoms with van der Waals surface area (Å²) in [6.45, 7) is 4.94. The molecule has 6 heteroatoms. The van der Waals surface area contributed by atoms with Crippen LogP contribution >= 0.6 is 0 Å². The first kappa shape index (κ1) is 22.8. The molecular weight excluding hydrogens is 438 g/mol. The summed E-state index contributed by atoms with van der Waals surface area (Å²) in [5.41, 5.74) is 6.33. The highest BCUT2D eigenvalue weighted by Crippen LogP contribution is 2.50. The zero-order chi connectivity index (χ0) is 24.9. The van der Waals surface area contributed by atoms with Crippen LogP contribution in [0.4, 0.5) is 11.4 Å². The Labute approximate surface area is 206 Å². The molecule has 1 aromatic heterocycles. The van der Waals surface area contributed by atoms with Gasteiger partial charge in [0.05, 0.1) is 23.9 Å². The summed E-state index contributed by atoms with van der Waals surface area (Å²) in [5.74, 6) is 0.474. The smallest absolute Gasteiger partial charge is 0.340 e. The number of ether oxygens (including phenoxy) is 2. The van der Waals surface area contributed by atoms with Crippen molar-refractivity contribution in [2.24, 2.45) is 0 Å². The number of hydrogen-bond donors (Lipinski definition) is 1. The summed E-state index contributed by atoms with van der Waals surface area (Å²) in [6.07, 6.45) is 0. The number of benzene rings is 3. The number of esters is 1. The number of hydrogen-bond acceptors (Lipinski definition) is 5. The molecular formula is C29H31N3O3. The van der Waals surface area contributed by atoms with E-state index in [1.54, 1.807) is 7.11 Å². The molecule has 0 fully saturated rings. The molecule has 0 saturated carbocycles. The van der Waals surface area contributed by atoms with Crippen molar-refractivity contribution in [3.05, 3.63) is 88.6 Å². The molecule has 0 amide bonds. The number of aromatic nitrogens is 1. The fraction of sp³-hybridized carbons (Fsp3) is 0.276. The van der Waals surface area contributed by atoms with Crippen molar-refractivity contribution in [2.45, 2.75) is 26.0 Å². The number of fused-ring (bicyclic) bond motifs is 2. The lowest BCUT2D eigenvalue weighted by atomic mass is 9.81. The molecule has 0 radical (unpaired) electrons. The van der Waals surface area contributed by atoms with Gasteiger partial charge in [-0.05, 0) is 55.8 Å². The van der Waals surface area contributed by atoms with Gasteiger partial charge < -0.3 is 24.3 Å². The lowest BCUT2D eigenvalue weighted by Gasteiger charge is -2.32. The maximum Gasteiger partial charge on any atom is 0.340 e. The van der Waals surface area contributed by atoms with Gasteiger partial charge in [0, 0.05) is 61.6 Å². The SMILES string of the molecule is CCn1c(C2(c3ccc(N(C)C)cc3)OC(=O)c3cc(NC)ccc32)c(C)c2ccc(OC)cc21. The van der Waals surface area contributed by atoms with Crippen LogP contribution in [0.5, 0.6) is 5.75 Å². The van der Waals surface area contributed by atoms with Crippen LogP contribution in [0, 0.1) is 6.92 Å². The molecule has 0 spiro atoms. The standard InChI is InChI=1S/C29H31N3O3/c1-7-32-26-17-22(34-6)13-14-23(26)18(2)27(32)29(19-8-11-21(12-9-19)31(4)5)25-15-10-20(30-3)16-24(25)28(33)35-29/h8-17,30H,7H2,1-6H3. The van der Waals surface area contributed by atoms with Crippen molar-refractivity contribution in [3.8, 4) is 5.75 Å². The van der Waals surface area contributed by atoms with E-state index in [-0.39, 0.29) is 5.97 Å². The minimum Gasteiger partial charge on any atom is -0.497 e. The van der Waals surface area contributed by atoms with E-state index in [0.717, 1.165) is 50.4 Å². The van der Waals surface area contributed by atoms with Gasteiger partial charge in [0.2, 0.25) is 5.60 Å². The molecule has 1 atom stereocenters. The first-order valence-electron chi connectivity index (χ1n) is 11.9. The monoisotopic (exact) mass is 469 g/mol. The highest BCUT2D eigenvalue weighted by Gasteiger charge is 2.51. The third kappa shape index (κ3) is 3.27. The molecule has 180 valence electrons. The second kappa shape index (κ2) is 8.38. The molecule has 0 aliphatic carbocycles. The Bertz CT molecular complexity index is 1440. The largest absolute Gasteiger partial charge is 0.497 e. The van der Waals surface area contributed by atoms with E-state index in [9.17, 15) is 4.79 Å². The van der Waals surface area contributed by atoms with E-state index in [2.05, 4.69) is 65.0 Å². The number of aryl methyl sites for hydroxylation is 2. The van der Waals surface area contributed by atoms with E-state index in [1.807, 2.05) is 45.4 Å². The minimum atomic E-state index is -1.07. The normalized spacial score (nSPS) is 16.8. The van der Waals surface area contributed by atoms with Crippen molar-refractivity contribution in [3.63, 3.8) is 0 Å². The molecule has 35 heavy (non-hydrogen) atoms. The van der Waals surface area contributed by atoms with Gasteiger partial charge >= 0.3 is 5.97 Å². The highest BCUT2D eigenvalue weighted by molar-refractivity contribution is 5.98. The molecule has 4 aromatic rings. The van der Waals surface area contributed by atoms with Crippen molar-refractivity contribution < 1.29 is 14.3 Å². The molecule has 0 bridgehead atoms. The summed E-state index contributed by atoms with van der Waals surface area (Å²) in [4.78, 5) is 15.5. The predicted octanol–water partition coefficient (Wildman–Crippen LogP) is 5.55. The number of methoxy groups -OCH3 is 1. The van der Waals surface area contributed by atoms with E-state index in [4.69, 9.17) is 9.47 Å². The third-order valence-electron chi connectivity index (χ3n) is 7.12. The fourth-order valence-electron chi connectivity index (χ4n) is 5.36. The molecule has 6 nitrogen and oxygen atoms in total. The van der Waals surface area contributed by atoms with Crippen LogP contribution in [0.3, 0.4) is 0 Å². The summed E-state index contributed by atoms with van der Waals surface area (Å²) in [7, 11) is 7.56. The number of cyclic esters (lactones) is 1. The van der Waals surface area contributed by atoms with Crippen LogP contribution in [0.2, 0.25) is 0 Å². The lowest BCUT2D eigenvalue weighted by molar-refractivity contribution is 0.0228. The molecule has 5 rings (SSSR count). The number of anilines is 2. The Hall–Kier alpha value is -3.93. The Balaban J connectivity index is 1.88. The van der Waals surface area contributed by atoms with Gasteiger partial charge in [0.15, 0.2) is 0 Å². The van der Waals surface area contributed by atoms with Crippen LogP contribution < -0.4 is 15.0 Å².